The molecule has 0 saturated carbocycles. The Labute approximate surface area is 256 Å². The van der Waals surface area contributed by atoms with Crippen LogP contribution in [0.2, 0.25) is 0 Å². The minimum absolute atomic E-state index is 0.211. The second-order valence-electron chi connectivity index (χ2n) is 9.09. The maximum atomic E-state index is 11.2. The first-order chi connectivity index (χ1) is 19.9. The Hall–Kier alpha value is -3.96. The fourth-order valence-electron chi connectivity index (χ4n) is 4.82. The van der Waals surface area contributed by atoms with Crippen molar-refractivity contribution in [3.8, 4) is 45.6 Å². The summed E-state index contributed by atoms with van der Waals surface area (Å²) in [5.74, 6) is 0.817. The summed E-state index contributed by atoms with van der Waals surface area (Å²) >= 11 is 1.58. The molecule has 4 aromatic carbocycles. The molecular formula is C34H31O6Zr. The second-order valence-corrected chi connectivity index (χ2v) is 10.5. The number of rotatable bonds is 5. The van der Waals surface area contributed by atoms with Crippen molar-refractivity contribution in [1.29, 1.82) is 0 Å². The predicted molar refractivity (Wildman–Crippen MR) is 153 cm³/mol. The van der Waals surface area contributed by atoms with Gasteiger partial charge in [0.05, 0.1) is 28.4 Å². The summed E-state index contributed by atoms with van der Waals surface area (Å²) in [6.07, 6.45) is 7.76. The number of fused-ring (bicyclic) bond motifs is 3. The molecule has 0 bridgehead atoms. The molecule has 0 aliphatic heterocycles. The van der Waals surface area contributed by atoms with Gasteiger partial charge in [0.1, 0.15) is 23.0 Å². The van der Waals surface area contributed by atoms with Crippen molar-refractivity contribution in [2.45, 2.75) is 10.0 Å². The third-order valence-corrected chi connectivity index (χ3v) is 8.31. The zero-order valence-electron chi connectivity index (χ0n) is 23.5. The number of para-hydroxylation sites is 2. The van der Waals surface area contributed by atoms with Crippen LogP contribution < -0.4 is 29.2 Å². The average molecular weight is 627 g/mol. The van der Waals surface area contributed by atoms with Gasteiger partial charge in [-0.15, -0.1) is 0 Å². The quantitative estimate of drug-likeness (QED) is 0.262. The minimum atomic E-state index is -0.211. The van der Waals surface area contributed by atoms with E-state index in [1.54, 1.807) is 66.7 Å². The summed E-state index contributed by atoms with van der Waals surface area (Å²) < 4.78 is 19.8. The van der Waals surface area contributed by atoms with Crippen LogP contribution >= 0.6 is 0 Å². The number of allylic oxidation sites excluding steroid dienone is 4. The van der Waals surface area contributed by atoms with Crippen LogP contribution in [0.15, 0.2) is 97.1 Å². The van der Waals surface area contributed by atoms with E-state index >= 15 is 0 Å². The monoisotopic (exact) mass is 625 g/mol. The number of hydrogen-bond donors (Lipinski definition) is 0. The molecule has 1 unspecified atom stereocenters. The summed E-state index contributed by atoms with van der Waals surface area (Å²) in [7, 11) is 5.82. The third kappa shape index (κ3) is 6.52. The van der Waals surface area contributed by atoms with Gasteiger partial charge in [-0.3, -0.25) is 0 Å². The van der Waals surface area contributed by atoms with Crippen molar-refractivity contribution in [2.24, 2.45) is 0 Å². The Morgan fingerprint density at radius 1 is 0.610 bits per heavy atom. The molecular weight excluding hydrogens is 596 g/mol. The first-order valence-corrected chi connectivity index (χ1v) is 14.4. The van der Waals surface area contributed by atoms with Gasteiger partial charge in [-0.1, -0.05) is 12.1 Å². The van der Waals surface area contributed by atoms with Crippen LogP contribution in [-0.4, -0.2) is 28.4 Å². The second kappa shape index (κ2) is 14.1. The van der Waals surface area contributed by atoms with Gasteiger partial charge in [0, 0.05) is 0 Å². The van der Waals surface area contributed by atoms with E-state index in [1.165, 1.54) is 56.3 Å². The van der Waals surface area contributed by atoms with E-state index in [2.05, 4.69) is 60.7 Å². The number of methoxy groups -OCH3 is 4. The number of ether oxygens (including phenoxy) is 4. The van der Waals surface area contributed by atoms with Crippen molar-refractivity contribution in [3.63, 3.8) is 0 Å². The zero-order chi connectivity index (χ0) is 29.4. The zero-order valence-corrected chi connectivity index (χ0v) is 25.9. The molecule has 0 radical (unpaired) electrons. The molecule has 4 aromatic rings. The van der Waals surface area contributed by atoms with E-state index in [0.717, 1.165) is 6.42 Å². The van der Waals surface area contributed by atoms with Crippen LogP contribution in [0.1, 0.15) is 26.7 Å². The number of benzene rings is 4. The molecule has 6 rings (SSSR count). The maximum absolute atomic E-state index is 11.2. The molecule has 0 spiro atoms. The van der Waals surface area contributed by atoms with Crippen molar-refractivity contribution in [1.82, 2.24) is 0 Å². The molecule has 207 valence electrons. The van der Waals surface area contributed by atoms with Gasteiger partial charge in [-0.2, -0.15) is 0 Å². The van der Waals surface area contributed by atoms with Crippen LogP contribution in [0.5, 0.6) is 34.5 Å². The molecule has 0 heterocycles. The van der Waals surface area contributed by atoms with E-state index in [1.807, 2.05) is 0 Å². The van der Waals surface area contributed by atoms with Gasteiger partial charge in [0.2, 0.25) is 0 Å². The molecule has 1 atom stereocenters. The molecule has 0 amide bonds. The Morgan fingerprint density at radius 3 is 1.56 bits per heavy atom. The van der Waals surface area contributed by atoms with Gasteiger partial charge >= 0.3 is 129 Å². The van der Waals surface area contributed by atoms with E-state index in [0.29, 0.717) is 26.6 Å². The first kappa shape index (κ1) is 30.0. The van der Waals surface area contributed by atoms with Crippen LogP contribution in [0.25, 0.3) is 16.7 Å². The van der Waals surface area contributed by atoms with Crippen molar-refractivity contribution >= 4 is 5.57 Å². The summed E-state index contributed by atoms with van der Waals surface area (Å²) in [6, 6.07) is 25.5. The van der Waals surface area contributed by atoms with Crippen LogP contribution in [-0.2, 0) is 24.7 Å². The van der Waals surface area contributed by atoms with Gasteiger partial charge in [-0.05, 0) is 35.8 Å². The standard InChI is InChI=1S/C18H13.2C8H10O3.Zr/c1-2-7-13(6-1)15-10-5-11-17-16-9-4-3-8-14(16)12-18(15)17;2*1-10-6-4-3-5-7(11-2)8(6)9;/h1-6,8-12H,7H2;2*3-5,9H,1-2H3;/q;;;+2/p-2. The fourth-order valence-corrected chi connectivity index (χ4v) is 6.21. The molecule has 6 nitrogen and oxygen atoms in total. The predicted octanol–water partition coefficient (Wildman–Crippen LogP) is 6.20. The Balaban J connectivity index is 0.000000153. The van der Waals surface area contributed by atoms with Gasteiger partial charge in [0.25, 0.3) is 0 Å². The first-order valence-electron chi connectivity index (χ1n) is 13.0. The van der Waals surface area contributed by atoms with E-state index in [9.17, 15) is 10.2 Å². The molecule has 0 fully saturated rings. The fraction of sp³-hybridized carbons (Fsp3) is 0.176. The topological polar surface area (TPSA) is 83.0 Å². The average Bonchev–Trinajstić information content (AvgIpc) is 3.66. The van der Waals surface area contributed by atoms with E-state index < -0.39 is 0 Å². The van der Waals surface area contributed by atoms with Crippen LogP contribution in [0, 0.1) is 0 Å². The Morgan fingerprint density at radius 2 is 1.07 bits per heavy atom. The van der Waals surface area contributed by atoms with Gasteiger partial charge < -0.3 is 29.2 Å². The summed E-state index contributed by atoms with van der Waals surface area (Å²) in [6.45, 7) is 0. The third-order valence-electron chi connectivity index (χ3n) is 6.84. The Kier molecular flexibility index (Phi) is 10.3. The van der Waals surface area contributed by atoms with Crippen molar-refractivity contribution in [3.05, 3.63) is 114 Å². The molecule has 2 aliphatic carbocycles. The van der Waals surface area contributed by atoms with Crippen molar-refractivity contribution < 1.29 is 53.9 Å². The molecule has 2 aliphatic rings. The Bertz CT molecular complexity index is 1460. The SMILES string of the molecule is COc1cccc(OC)c1[O-].COc1cccc(OC)c1[O-].[Zr+2][CH]1c2ccccc2-c2cccc(C3=CC=CC3)c21. The van der Waals surface area contributed by atoms with Gasteiger partial charge in [-0.25, -0.2) is 0 Å². The molecule has 0 saturated heterocycles. The molecule has 0 N–H and O–H groups in total. The van der Waals surface area contributed by atoms with E-state index in [4.69, 9.17) is 18.9 Å². The van der Waals surface area contributed by atoms with Crippen LogP contribution in [0.3, 0.4) is 0 Å². The number of hydrogen-bond acceptors (Lipinski definition) is 6. The molecule has 7 heteroatoms. The summed E-state index contributed by atoms with van der Waals surface area (Å²) in [5.41, 5.74) is 8.87. The van der Waals surface area contributed by atoms with Gasteiger partial charge in [0.15, 0.2) is 0 Å². The summed E-state index contributed by atoms with van der Waals surface area (Å²) in [5, 5.41) is 22.4. The van der Waals surface area contributed by atoms with Crippen molar-refractivity contribution in [2.75, 3.05) is 28.4 Å². The normalized spacial score (nSPS) is 13.9. The van der Waals surface area contributed by atoms with E-state index in [-0.39, 0.29) is 11.5 Å². The van der Waals surface area contributed by atoms with Crippen LogP contribution in [0.4, 0.5) is 0 Å². The molecule has 41 heavy (non-hydrogen) atoms. The summed E-state index contributed by atoms with van der Waals surface area (Å²) in [4.78, 5) is 0. The molecule has 0 aromatic heterocycles.